The smallest absolute Gasteiger partial charge is 0.118 e. The number of nitrogens with zero attached hydrogens (tertiary/aromatic N) is 1. The van der Waals surface area contributed by atoms with Crippen LogP contribution in [0.2, 0.25) is 0 Å². The quantitative estimate of drug-likeness (QED) is 0.724. The van der Waals surface area contributed by atoms with E-state index in [2.05, 4.69) is 76.5 Å². The van der Waals surface area contributed by atoms with Crippen LogP contribution < -0.4 is 5.32 Å². The van der Waals surface area contributed by atoms with Crippen molar-refractivity contribution in [3.05, 3.63) is 58.0 Å². The van der Waals surface area contributed by atoms with Crippen LogP contribution in [0.4, 0.5) is 0 Å². The third kappa shape index (κ3) is 5.65. The molecule has 3 nitrogen and oxygen atoms in total. The van der Waals surface area contributed by atoms with Crippen LogP contribution in [0, 0.1) is 0 Å². The van der Waals surface area contributed by atoms with Crippen LogP contribution in [-0.2, 0) is 19.6 Å². The summed E-state index contributed by atoms with van der Waals surface area (Å²) in [6, 6.07) is 12.6. The van der Waals surface area contributed by atoms with Gasteiger partial charge < -0.3 is 9.73 Å². The zero-order chi connectivity index (χ0) is 15.1. The Balaban J connectivity index is 1.82. The van der Waals surface area contributed by atoms with E-state index < -0.39 is 0 Å². The minimum atomic E-state index is 0.810. The van der Waals surface area contributed by atoms with Crippen LogP contribution in [-0.4, -0.2) is 18.5 Å². The largest absolute Gasteiger partial charge is 0.463 e. The fraction of sp³-hybridized carbons (Fsp3) is 0.412. The first-order chi connectivity index (χ1) is 10.2. The predicted octanol–water partition coefficient (Wildman–Crippen LogP) is 4.17. The molecule has 114 valence electrons. The highest BCUT2D eigenvalue weighted by Crippen LogP contribution is 2.14. The summed E-state index contributed by atoms with van der Waals surface area (Å²) in [7, 11) is 2.11. The van der Waals surface area contributed by atoms with Gasteiger partial charge >= 0.3 is 0 Å². The lowest BCUT2D eigenvalue weighted by Crippen LogP contribution is -2.16. The van der Waals surface area contributed by atoms with Crippen LogP contribution in [0.15, 0.2) is 45.3 Å². The lowest BCUT2D eigenvalue weighted by molar-refractivity contribution is 0.282. The normalized spacial score (nSPS) is 11.2. The van der Waals surface area contributed by atoms with Gasteiger partial charge in [0.25, 0.3) is 0 Å². The molecule has 0 spiro atoms. The van der Waals surface area contributed by atoms with Crippen molar-refractivity contribution in [1.82, 2.24) is 10.2 Å². The molecule has 0 unspecified atom stereocenters. The van der Waals surface area contributed by atoms with E-state index >= 15 is 0 Å². The molecule has 0 aliphatic heterocycles. The second kappa shape index (κ2) is 8.37. The molecule has 1 aromatic heterocycles. The summed E-state index contributed by atoms with van der Waals surface area (Å²) in [6.07, 6.45) is 1.14. The van der Waals surface area contributed by atoms with E-state index in [0.717, 1.165) is 48.6 Å². The fourth-order valence-corrected chi connectivity index (χ4v) is 2.48. The van der Waals surface area contributed by atoms with E-state index in [9.17, 15) is 0 Å². The van der Waals surface area contributed by atoms with Crippen molar-refractivity contribution in [3.8, 4) is 0 Å². The monoisotopic (exact) mass is 350 g/mol. The van der Waals surface area contributed by atoms with Gasteiger partial charge in [-0.2, -0.15) is 0 Å². The molecule has 0 fully saturated rings. The zero-order valence-corrected chi connectivity index (χ0v) is 14.3. The second-order valence-corrected chi connectivity index (χ2v) is 6.26. The van der Waals surface area contributed by atoms with Gasteiger partial charge in [-0.1, -0.05) is 35.0 Å². The number of furan rings is 1. The van der Waals surface area contributed by atoms with Gasteiger partial charge in [0, 0.05) is 11.0 Å². The molecular weight excluding hydrogens is 328 g/mol. The van der Waals surface area contributed by atoms with Crippen molar-refractivity contribution in [3.63, 3.8) is 0 Å². The van der Waals surface area contributed by atoms with Crippen molar-refractivity contribution >= 4 is 15.9 Å². The first kappa shape index (κ1) is 16.3. The lowest BCUT2D eigenvalue weighted by Gasteiger charge is -2.15. The van der Waals surface area contributed by atoms with Gasteiger partial charge in [0.15, 0.2) is 0 Å². The van der Waals surface area contributed by atoms with E-state index in [1.54, 1.807) is 0 Å². The van der Waals surface area contributed by atoms with Crippen LogP contribution in [0.5, 0.6) is 0 Å². The number of hydrogen-bond acceptors (Lipinski definition) is 3. The minimum absolute atomic E-state index is 0.810. The maximum absolute atomic E-state index is 5.85. The molecule has 0 saturated heterocycles. The molecule has 2 rings (SSSR count). The molecule has 0 aliphatic carbocycles. The first-order valence-corrected chi connectivity index (χ1v) is 8.18. The van der Waals surface area contributed by atoms with Crippen molar-refractivity contribution in [2.75, 3.05) is 13.6 Å². The molecule has 0 aliphatic rings. The van der Waals surface area contributed by atoms with Gasteiger partial charge in [-0.3, -0.25) is 4.90 Å². The average molecular weight is 351 g/mol. The predicted molar refractivity (Wildman–Crippen MR) is 90.0 cm³/mol. The Labute approximate surface area is 135 Å². The first-order valence-electron chi connectivity index (χ1n) is 7.38. The molecule has 1 heterocycles. The number of benzene rings is 1. The summed E-state index contributed by atoms with van der Waals surface area (Å²) in [4.78, 5) is 2.26. The molecule has 0 amide bonds. The maximum atomic E-state index is 5.85. The number of nitrogens with one attached hydrogen (secondary N) is 1. The summed E-state index contributed by atoms with van der Waals surface area (Å²) < 4.78 is 6.96. The fourth-order valence-electron chi connectivity index (χ4n) is 2.21. The summed E-state index contributed by atoms with van der Waals surface area (Å²) in [5.74, 6) is 2.03. The van der Waals surface area contributed by atoms with E-state index in [-0.39, 0.29) is 0 Å². The maximum Gasteiger partial charge on any atom is 0.118 e. The third-order valence-electron chi connectivity index (χ3n) is 3.23. The van der Waals surface area contributed by atoms with Gasteiger partial charge in [-0.15, -0.1) is 0 Å². The lowest BCUT2D eigenvalue weighted by atomic mass is 10.2. The summed E-state index contributed by atoms with van der Waals surface area (Å²) in [5, 5.41) is 3.35. The van der Waals surface area contributed by atoms with Crippen LogP contribution in [0.25, 0.3) is 0 Å². The summed E-state index contributed by atoms with van der Waals surface area (Å²) in [5.41, 5.74) is 1.30. The molecule has 0 bridgehead atoms. The van der Waals surface area contributed by atoms with Crippen LogP contribution in [0.1, 0.15) is 30.4 Å². The standard InChI is InChI=1S/C17H23BrN2O/c1-3-10-19-11-16-8-9-17(21-16)13-20(2)12-14-4-6-15(18)7-5-14/h4-9,19H,3,10-13H2,1-2H3. The Kier molecular flexibility index (Phi) is 6.49. The van der Waals surface area contributed by atoms with Crippen molar-refractivity contribution in [2.24, 2.45) is 0 Å². The molecule has 21 heavy (non-hydrogen) atoms. The van der Waals surface area contributed by atoms with Gasteiger partial charge in [0.2, 0.25) is 0 Å². The van der Waals surface area contributed by atoms with Crippen LogP contribution >= 0.6 is 15.9 Å². The molecule has 0 radical (unpaired) electrons. The SMILES string of the molecule is CCCNCc1ccc(CN(C)Cc2ccc(Br)cc2)o1. The summed E-state index contributed by atoms with van der Waals surface area (Å²) >= 11 is 3.46. The van der Waals surface area contributed by atoms with Gasteiger partial charge in [0.1, 0.15) is 11.5 Å². The van der Waals surface area contributed by atoms with Gasteiger partial charge in [-0.25, -0.2) is 0 Å². The molecule has 0 saturated carbocycles. The number of hydrogen-bond donors (Lipinski definition) is 1. The van der Waals surface area contributed by atoms with Gasteiger partial charge in [-0.05, 0) is 49.8 Å². The number of halogens is 1. The van der Waals surface area contributed by atoms with Crippen LogP contribution in [0.3, 0.4) is 0 Å². The number of rotatable bonds is 8. The Bertz CT molecular complexity index is 536. The van der Waals surface area contributed by atoms with E-state index in [1.807, 2.05) is 0 Å². The summed E-state index contributed by atoms with van der Waals surface area (Å²) in [6.45, 7) is 5.74. The molecule has 2 aromatic rings. The topological polar surface area (TPSA) is 28.4 Å². The van der Waals surface area contributed by atoms with Crippen molar-refractivity contribution < 1.29 is 4.42 Å². The second-order valence-electron chi connectivity index (χ2n) is 5.34. The Hall–Kier alpha value is -1.10. The highest BCUT2D eigenvalue weighted by molar-refractivity contribution is 9.10. The average Bonchev–Trinajstić information content (AvgIpc) is 2.89. The molecule has 1 N–H and O–H groups in total. The van der Waals surface area contributed by atoms with Crippen molar-refractivity contribution in [2.45, 2.75) is 33.0 Å². The molecule has 4 heteroatoms. The van der Waals surface area contributed by atoms with E-state index in [4.69, 9.17) is 4.42 Å². The van der Waals surface area contributed by atoms with Gasteiger partial charge in [0.05, 0.1) is 13.1 Å². The minimum Gasteiger partial charge on any atom is -0.463 e. The Morgan fingerprint density at radius 2 is 1.76 bits per heavy atom. The highest BCUT2D eigenvalue weighted by Gasteiger charge is 2.06. The highest BCUT2D eigenvalue weighted by atomic mass is 79.9. The van der Waals surface area contributed by atoms with E-state index in [1.165, 1.54) is 5.56 Å². The zero-order valence-electron chi connectivity index (χ0n) is 12.7. The Morgan fingerprint density at radius 3 is 2.48 bits per heavy atom. The van der Waals surface area contributed by atoms with E-state index in [0.29, 0.717) is 0 Å². The Morgan fingerprint density at radius 1 is 1.05 bits per heavy atom. The molecule has 1 aromatic carbocycles. The molecule has 0 atom stereocenters. The third-order valence-corrected chi connectivity index (χ3v) is 3.76. The molecular formula is C17H23BrN2O. The van der Waals surface area contributed by atoms with Crippen molar-refractivity contribution in [1.29, 1.82) is 0 Å².